The van der Waals surface area contributed by atoms with Crippen molar-refractivity contribution in [3.05, 3.63) is 139 Å². The number of ether oxygens (including phenoxy) is 4. The van der Waals surface area contributed by atoms with Crippen LogP contribution in [0.25, 0.3) is 31.3 Å². The standard InChI is InChI=1S/C47H63N13O8/c1-47(2,3)68-43(61)33-57-25-27-58(40(19-22-51-54-48)44(62)65-34-37-13-7-4-8-14-37)29-31-60(42(21-24-53-56-50)46(64)67-36-39-17-11-6-12-18-39)32-30-59(28-26-57)41(20-23-52-55-49)45(63)66-35-38-15-9-5-10-16-38/h4-18,40-42H,19-36H2,1-3H3/t40-,41-,42-/m1/s1. The number of carbonyl (C=O) groups excluding carboxylic acids is 4. The van der Waals surface area contributed by atoms with Gasteiger partial charge in [0.15, 0.2) is 0 Å². The fourth-order valence-electron chi connectivity index (χ4n) is 7.65. The van der Waals surface area contributed by atoms with Crippen LogP contribution >= 0.6 is 0 Å². The van der Waals surface area contributed by atoms with E-state index >= 15 is 0 Å². The van der Waals surface area contributed by atoms with Gasteiger partial charge in [-0.1, -0.05) is 106 Å². The van der Waals surface area contributed by atoms with Gasteiger partial charge in [0, 0.05) is 86.7 Å². The lowest BCUT2D eigenvalue weighted by Crippen LogP contribution is -2.55. The van der Waals surface area contributed by atoms with Gasteiger partial charge in [-0.2, -0.15) is 0 Å². The third kappa shape index (κ3) is 20.0. The molecule has 3 atom stereocenters. The highest BCUT2D eigenvalue weighted by molar-refractivity contribution is 5.77. The van der Waals surface area contributed by atoms with E-state index in [0.29, 0.717) is 0 Å². The molecule has 1 saturated heterocycles. The Morgan fingerprint density at radius 3 is 1.09 bits per heavy atom. The molecular weight excluding hydrogens is 875 g/mol. The summed E-state index contributed by atoms with van der Waals surface area (Å²) in [6.45, 7) is 6.68. The molecule has 3 aromatic rings. The van der Waals surface area contributed by atoms with E-state index in [1.807, 2.05) is 111 Å². The van der Waals surface area contributed by atoms with Crippen molar-refractivity contribution in [2.45, 2.75) is 83.6 Å². The smallest absolute Gasteiger partial charge is 0.323 e. The average molecular weight is 938 g/mol. The van der Waals surface area contributed by atoms with Crippen molar-refractivity contribution in [1.82, 2.24) is 19.6 Å². The van der Waals surface area contributed by atoms with E-state index < -0.39 is 47.6 Å². The summed E-state index contributed by atoms with van der Waals surface area (Å²) in [5.74, 6) is -2.15. The summed E-state index contributed by atoms with van der Waals surface area (Å²) in [5, 5.41) is 11.2. The van der Waals surface area contributed by atoms with Crippen LogP contribution in [0.1, 0.15) is 56.7 Å². The molecule has 0 unspecified atom stereocenters. The van der Waals surface area contributed by atoms with E-state index in [0.717, 1.165) is 16.7 Å². The van der Waals surface area contributed by atoms with E-state index in [2.05, 4.69) is 30.1 Å². The van der Waals surface area contributed by atoms with Crippen LogP contribution in [0, 0.1) is 0 Å². The third-order valence-corrected chi connectivity index (χ3v) is 11.0. The zero-order valence-electron chi connectivity index (χ0n) is 39.2. The Morgan fingerprint density at radius 2 is 0.809 bits per heavy atom. The van der Waals surface area contributed by atoms with Gasteiger partial charge < -0.3 is 18.9 Å². The molecule has 0 radical (unpaired) electrons. The molecular formula is C47H63N13O8. The summed E-state index contributed by atoms with van der Waals surface area (Å²) >= 11 is 0. The second-order valence-electron chi connectivity index (χ2n) is 17.0. The minimum absolute atomic E-state index is 0.00161. The normalized spacial score (nSPS) is 15.8. The fourth-order valence-corrected chi connectivity index (χ4v) is 7.65. The summed E-state index contributed by atoms with van der Waals surface area (Å²) in [5.41, 5.74) is 29.3. The molecule has 0 amide bonds. The quantitative estimate of drug-likeness (QED) is 0.0306. The largest absolute Gasteiger partial charge is 0.460 e. The zero-order valence-corrected chi connectivity index (χ0v) is 39.2. The lowest BCUT2D eigenvalue weighted by atomic mass is 10.1. The van der Waals surface area contributed by atoms with Crippen molar-refractivity contribution < 1.29 is 38.1 Å². The molecule has 364 valence electrons. The van der Waals surface area contributed by atoms with E-state index in [4.69, 9.17) is 18.9 Å². The number of hydrogen-bond acceptors (Lipinski definition) is 15. The minimum Gasteiger partial charge on any atom is -0.460 e. The molecule has 0 spiro atoms. The predicted molar refractivity (Wildman–Crippen MR) is 253 cm³/mol. The van der Waals surface area contributed by atoms with Crippen molar-refractivity contribution in [3.8, 4) is 0 Å². The lowest BCUT2D eigenvalue weighted by Gasteiger charge is -2.39. The van der Waals surface area contributed by atoms with E-state index in [1.54, 1.807) is 20.8 Å². The molecule has 1 aliphatic heterocycles. The van der Waals surface area contributed by atoms with Gasteiger partial charge >= 0.3 is 23.9 Å². The number of esters is 4. The van der Waals surface area contributed by atoms with Crippen LogP contribution in [0.5, 0.6) is 0 Å². The lowest BCUT2D eigenvalue weighted by molar-refractivity contribution is -0.158. The van der Waals surface area contributed by atoms with E-state index in [1.165, 1.54) is 0 Å². The Bertz CT molecular complexity index is 2070. The number of nitrogens with zero attached hydrogens (tertiary/aromatic N) is 13. The van der Waals surface area contributed by atoms with Crippen LogP contribution in [0.2, 0.25) is 0 Å². The third-order valence-electron chi connectivity index (χ3n) is 11.0. The van der Waals surface area contributed by atoms with Crippen LogP contribution in [0.4, 0.5) is 0 Å². The number of azide groups is 3. The van der Waals surface area contributed by atoms with Gasteiger partial charge in [-0.05, 0) is 73.3 Å². The van der Waals surface area contributed by atoms with Crippen LogP contribution in [0.3, 0.4) is 0 Å². The molecule has 21 nitrogen and oxygen atoms in total. The van der Waals surface area contributed by atoms with Crippen LogP contribution in [-0.4, -0.2) is 146 Å². The van der Waals surface area contributed by atoms with E-state index in [9.17, 15) is 35.8 Å². The molecule has 1 heterocycles. The Morgan fingerprint density at radius 1 is 0.515 bits per heavy atom. The van der Waals surface area contributed by atoms with Gasteiger partial charge in [-0.25, -0.2) is 0 Å². The SMILES string of the molecule is CC(C)(C)OC(=O)CN1CCN([C@H](CCN=[N+]=[N-])C(=O)OCc2ccccc2)CCN([C@H](CCN=[N+]=[N-])C(=O)OCc2ccccc2)CCN([C@H](CCN=[N+]=[N-])C(=O)OCc2ccccc2)CC1. The molecule has 68 heavy (non-hydrogen) atoms. The first-order chi connectivity index (χ1) is 32.9. The fraction of sp³-hybridized carbons (Fsp3) is 0.532. The first kappa shape index (κ1) is 53.9. The van der Waals surface area contributed by atoms with Crippen molar-refractivity contribution >= 4 is 23.9 Å². The maximum Gasteiger partial charge on any atom is 0.323 e. The highest BCUT2D eigenvalue weighted by atomic mass is 16.6. The Kier molecular flexibility index (Phi) is 23.7. The minimum atomic E-state index is -0.946. The predicted octanol–water partition coefficient (Wildman–Crippen LogP) is 6.99. The Hall–Kier alpha value is -6.69. The number of rotatable bonds is 23. The maximum absolute atomic E-state index is 14.2. The summed E-state index contributed by atoms with van der Waals surface area (Å²) in [6.07, 6.45) is 0.296. The van der Waals surface area contributed by atoms with Gasteiger partial charge in [-0.15, -0.1) is 0 Å². The summed E-state index contributed by atoms with van der Waals surface area (Å²) in [4.78, 5) is 72.3. The van der Waals surface area contributed by atoms with Gasteiger partial charge in [0.2, 0.25) is 0 Å². The average Bonchev–Trinajstić information content (AvgIpc) is 3.33. The highest BCUT2D eigenvalue weighted by Gasteiger charge is 2.35. The zero-order chi connectivity index (χ0) is 49.0. The maximum atomic E-state index is 14.2. The van der Waals surface area contributed by atoms with Crippen LogP contribution < -0.4 is 0 Å². The molecule has 0 bridgehead atoms. The Balaban J connectivity index is 1.78. The first-order valence-electron chi connectivity index (χ1n) is 22.7. The molecule has 1 aliphatic rings. The molecule has 0 aliphatic carbocycles. The van der Waals surface area contributed by atoms with Crippen molar-refractivity contribution in [2.24, 2.45) is 15.3 Å². The molecule has 21 heteroatoms. The highest BCUT2D eigenvalue weighted by Crippen LogP contribution is 2.18. The molecule has 0 N–H and O–H groups in total. The summed E-state index contributed by atoms with van der Waals surface area (Å²) < 4.78 is 23.4. The summed E-state index contributed by atoms with van der Waals surface area (Å²) in [6, 6.07) is 24.9. The molecule has 3 aromatic carbocycles. The molecule has 1 fully saturated rings. The second-order valence-corrected chi connectivity index (χ2v) is 17.0. The molecule has 4 rings (SSSR count). The monoisotopic (exact) mass is 937 g/mol. The van der Waals surface area contributed by atoms with Crippen LogP contribution in [-0.2, 0) is 57.9 Å². The molecule has 0 aromatic heterocycles. The summed E-state index contributed by atoms with van der Waals surface area (Å²) in [7, 11) is 0. The first-order valence-corrected chi connectivity index (χ1v) is 22.7. The number of benzene rings is 3. The van der Waals surface area contributed by atoms with Crippen LogP contribution in [0.15, 0.2) is 106 Å². The topological polar surface area (TPSA) is 264 Å². The number of hydrogen-bond donors (Lipinski definition) is 0. The molecule has 0 saturated carbocycles. The van der Waals surface area contributed by atoms with E-state index in [-0.39, 0.29) is 118 Å². The second kappa shape index (κ2) is 29.8. The van der Waals surface area contributed by atoms with Gasteiger partial charge in [0.25, 0.3) is 0 Å². The van der Waals surface area contributed by atoms with Gasteiger partial charge in [0.1, 0.15) is 43.5 Å². The van der Waals surface area contributed by atoms with Gasteiger partial charge in [-0.3, -0.25) is 38.8 Å². The number of carbonyl (C=O) groups is 4. The van der Waals surface area contributed by atoms with Crippen molar-refractivity contribution in [2.75, 3.05) is 78.5 Å². The van der Waals surface area contributed by atoms with Crippen molar-refractivity contribution in [1.29, 1.82) is 0 Å². The van der Waals surface area contributed by atoms with Crippen molar-refractivity contribution in [3.63, 3.8) is 0 Å². The van der Waals surface area contributed by atoms with Gasteiger partial charge in [0.05, 0.1) is 6.54 Å². The Labute approximate surface area is 397 Å².